The van der Waals surface area contributed by atoms with Gasteiger partial charge in [-0.3, -0.25) is 9.69 Å². The molecule has 1 fully saturated rings. The number of primary amides is 1. The van der Waals surface area contributed by atoms with E-state index in [2.05, 4.69) is 0 Å². The van der Waals surface area contributed by atoms with E-state index in [0.29, 0.717) is 18.8 Å². The Morgan fingerprint density at radius 2 is 2.28 bits per heavy atom. The second kappa shape index (κ2) is 4.45. The number of carbonyl (C=O) groups is 2. The number of amides is 1. The van der Waals surface area contributed by atoms with Crippen LogP contribution in [0.25, 0.3) is 0 Å². The van der Waals surface area contributed by atoms with Gasteiger partial charge < -0.3 is 15.3 Å². The van der Waals surface area contributed by atoms with Crippen molar-refractivity contribution in [2.75, 3.05) is 13.1 Å². The quantitative estimate of drug-likeness (QED) is 0.821. The van der Waals surface area contributed by atoms with E-state index in [4.69, 9.17) is 15.3 Å². The molecule has 0 radical (unpaired) electrons. The summed E-state index contributed by atoms with van der Waals surface area (Å²) in [5, 5.41) is 8.75. The molecule has 2 heterocycles. The minimum absolute atomic E-state index is 0.0677. The molecular formula is C12H16N2O4. The molecule has 6 nitrogen and oxygen atoms in total. The summed E-state index contributed by atoms with van der Waals surface area (Å²) in [6.07, 6.45) is 0.717. The van der Waals surface area contributed by atoms with Gasteiger partial charge in [-0.2, -0.15) is 0 Å². The summed E-state index contributed by atoms with van der Waals surface area (Å²) in [6.45, 7) is 3.67. The van der Waals surface area contributed by atoms with Crippen molar-refractivity contribution in [2.24, 2.45) is 11.1 Å². The van der Waals surface area contributed by atoms with Crippen molar-refractivity contribution in [3.05, 3.63) is 23.7 Å². The van der Waals surface area contributed by atoms with Gasteiger partial charge in [0, 0.05) is 6.54 Å². The summed E-state index contributed by atoms with van der Waals surface area (Å²) in [5.41, 5.74) is 4.87. The molecular weight excluding hydrogens is 236 g/mol. The number of nitrogens with two attached hydrogens (primary N) is 1. The molecule has 0 aromatic carbocycles. The van der Waals surface area contributed by atoms with Crippen LogP contribution in [0, 0.1) is 5.41 Å². The van der Waals surface area contributed by atoms with Crippen LogP contribution in [-0.2, 0) is 11.3 Å². The number of hydrogen-bond donors (Lipinski definition) is 2. The van der Waals surface area contributed by atoms with Crippen LogP contribution in [0.3, 0.4) is 0 Å². The molecule has 1 aromatic rings. The molecule has 3 N–H and O–H groups in total. The highest BCUT2D eigenvalue weighted by Gasteiger charge is 2.38. The largest absolute Gasteiger partial charge is 0.475 e. The topological polar surface area (TPSA) is 96.8 Å². The van der Waals surface area contributed by atoms with E-state index in [-0.39, 0.29) is 11.7 Å². The van der Waals surface area contributed by atoms with Crippen LogP contribution in [0.1, 0.15) is 29.7 Å². The fraction of sp³-hybridized carbons (Fsp3) is 0.500. The van der Waals surface area contributed by atoms with Crippen molar-refractivity contribution in [1.29, 1.82) is 0 Å². The van der Waals surface area contributed by atoms with E-state index in [1.54, 1.807) is 6.07 Å². The molecule has 1 unspecified atom stereocenters. The minimum Gasteiger partial charge on any atom is -0.475 e. The van der Waals surface area contributed by atoms with Gasteiger partial charge in [0.1, 0.15) is 5.76 Å². The van der Waals surface area contributed by atoms with Crippen molar-refractivity contribution >= 4 is 11.9 Å². The Balaban J connectivity index is 1.99. The molecule has 1 saturated heterocycles. The second-order valence-corrected chi connectivity index (χ2v) is 4.96. The van der Waals surface area contributed by atoms with Crippen molar-refractivity contribution in [3.8, 4) is 0 Å². The SMILES string of the molecule is CC1(C(N)=O)CCN(Cc2ccc(C(=O)O)o2)C1. The highest BCUT2D eigenvalue weighted by Crippen LogP contribution is 2.30. The van der Waals surface area contributed by atoms with E-state index in [0.717, 1.165) is 13.0 Å². The molecule has 2 rings (SSSR count). The minimum atomic E-state index is -1.08. The van der Waals surface area contributed by atoms with E-state index in [9.17, 15) is 9.59 Å². The molecule has 0 spiro atoms. The maximum absolute atomic E-state index is 11.3. The van der Waals surface area contributed by atoms with E-state index >= 15 is 0 Å². The summed E-state index contributed by atoms with van der Waals surface area (Å²) >= 11 is 0. The molecule has 1 aromatic heterocycles. The first kappa shape index (κ1) is 12.6. The van der Waals surface area contributed by atoms with Gasteiger partial charge in [-0.05, 0) is 32.0 Å². The molecule has 0 saturated carbocycles. The van der Waals surface area contributed by atoms with Crippen molar-refractivity contribution in [2.45, 2.75) is 19.9 Å². The summed E-state index contributed by atoms with van der Waals surface area (Å²) in [5.74, 6) is -0.858. The van der Waals surface area contributed by atoms with Crippen LogP contribution >= 0.6 is 0 Å². The van der Waals surface area contributed by atoms with Gasteiger partial charge in [-0.1, -0.05) is 0 Å². The van der Waals surface area contributed by atoms with Crippen LogP contribution in [0.15, 0.2) is 16.5 Å². The zero-order chi connectivity index (χ0) is 13.3. The normalized spacial score (nSPS) is 24.3. The lowest BCUT2D eigenvalue weighted by molar-refractivity contribution is -0.126. The number of aromatic carboxylic acids is 1. The molecule has 6 heteroatoms. The monoisotopic (exact) mass is 252 g/mol. The number of hydrogen-bond acceptors (Lipinski definition) is 4. The highest BCUT2D eigenvalue weighted by atomic mass is 16.4. The molecule has 0 aliphatic carbocycles. The van der Waals surface area contributed by atoms with Crippen LogP contribution < -0.4 is 5.73 Å². The number of nitrogens with zero attached hydrogens (tertiary/aromatic N) is 1. The predicted molar refractivity (Wildman–Crippen MR) is 62.9 cm³/mol. The fourth-order valence-corrected chi connectivity index (χ4v) is 2.19. The van der Waals surface area contributed by atoms with Gasteiger partial charge in [0.05, 0.1) is 12.0 Å². The van der Waals surface area contributed by atoms with Gasteiger partial charge in [-0.15, -0.1) is 0 Å². The van der Waals surface area contributed by atoms with Gasteiger partial charge >= 0.3 is 5.97 Å². The molecule has 1 atom stereocenters. The van der Waals surface area contributed by atoms with Crippen molar-refractivity contribution < 1.29 is 19.1 Å². The van der Waals surface area contributed by atoms with Gasteiger partial charge in [-0.25, -0.2) is 4.79 Å². The highest BCUT2D eigenvalue weighted by molar-refractivity contribution is 5.84. The van der Waals surface area contributed by atoms with Gasteiger partial charge in [0.25, 0.3) is 0 Å². The first-order valence-corrected chi connectivity index (χ1v) is 5.75. The zero-order valence-corrected chi connectivity index (χ0v) is 10.2. The van der Waals surface area contributed by atoms with Crippen LogP contribution in [0.5, 0.6) is 0 Å². The molecule has 1 aliphatic rings. The number of furan rings is 1. The first-order valence-electron chi connectivity index (χ1n) is 5.75. The van der Waals surface area contributed by atoms with Crippen molar-refractivity contribution in [1.82, 2.24) is 4.90 Å². The molecule has 0 bridgehead atoms. The number of carbonyl (C=O) groups excluding carboxylic acids is 1. The van der Waals surface area contributed by atoms with Crippen LogP contribution in [0.2, 0.25) is 0 Å². The Morgan fingerprint density at radius 1 is 1.56 bits per heavy atom. The molecule has 18 heavy (non-hydrogen) atoms. The van der Waals surface area contributed by atoms with Crippen molar-refractivity contribution in [3.63, 3.8) is 0 Å². The maximum atomic E-state index is 11.3. The Morgan fingerprint density at radius 3 is 2.78 bits per heavy atom. The lowest BCUT2D eigenvalue weighted by Crippen LogP contribution is -2.36. The maximum Gasteiger partial charge on any atom is 0.371 e. The lowest BCUT2D eigenvalue weighted by atomic mass is 9.89. The number of likely N-dealkylation sites (tertiary alicyclic amines) is 1. The Hall–Kier alpha value is -1.82. The third kappa shape index (κ3) is 2.38. The number of carboxylic acids is 1. The number of carboxylic acid groups (broad SMARTS) is 1. The first-order chi connectivity index (χ1) is 8.40. The Labute approximate surface area is 104 Å². The van der Waals surface area contributed by atoms with Gasteiger partial charge in [0.2, 0.25) is 11.7 Å². The smallest absolute Gasteiger partial charge is 0.371 e. The summed E-state index contributed by atoms with van der Waals surface area (Å²) < 4.78 is 5.18. The summed E-state index contributed by atoms with van der Waals surface area (Å²) in [4.78, 5) is 24.0. The zero-order valence-electron chi connectivity index (χ0n) is 10.2. The predicted octanol–water partition coefficient (Wildman–Crippen LogP) is 0.675. The average molecular weight is 252 g/mol. The van der Waals surface area contributed by atoms with Crippen LogP contribution in [-0.4, -0.2) is 35.0 Å². The molecule has 98 valence electrons. The van der Waals surface area contributed by atoms with Gasteiger partial charge in [0.15, 0.2) is 0 Å². The summed E-state index contributed by atoms with van der Waals surface area (Å²) in [7, 11) is 0. The van der Waals surface area contributed by atoms with E-state index in [1.807, 2.05) is 11.8 Å². The standard InChI is InChI=1S/C12H16N2O4/c1-12(11(13)17)4-5-14(7-12)6-8-2-3-9(18-8)10(15)16/h2-3H,4-7H2,1H3,(H2,13,17)(H,15,16). The fourth-order valence-electron chi connectivity index (χ4n) is 2.19. The Kier molecular flexibility index (Phi) is 3.13. The third-order valence-corrected chi connectivity index (χ3v) is 3.40. The second-order valence-electron chi connectivity index (χ2n) is 4.96. The number of rotatable bonds is 4. The van der Waals surface area contributed by atoms with E-state index in [1.165, 1.54) is 6.07 Å². The molecule has 1 amide bonds. The van der Waals surface area contributed by atoms with E-state index < -0.39 is 11.4 Å². The lowest BCUT2D eigenvalue weighted by Gasteiger charge is -2.20. The molecule has 1 aliphatic heterocycles. The average Bonchev–Trinajstić information content (AvgIpc) is 2.87. The summed E-state index contributed by atoms with van der Waals surface area (Å²) in [6, 6.07) is 3.07. The Bertz CT molecular complexity index is 482. The third-order valence-electron chi connectivity index (χ3n) is 3.40. The van der Waals surface area contributed by atoms with Crippen LogP contribution in [0.4, 0.5) is 0 Å².